The highest BCUT2D eigenvalue weighted by Gasteiger charge is 2.31. The van der Waals surface area contributed by atoms with Gasteiger partial charge in [-0.05, 0) is 40.2 Å². The maximum Gasteiger partial charge on any atom is 0.573 e. The summed E-state index contributed by atoms with van der Waals surface area (Å²) in [6.45, 7) is 3.90. The molecule has 0 unspecified atom stereocenters. The average molecular weight is 350 g/mol. The molecule has 0 saturated carbocycles. The van der Waals surface area contributed by atoms with Gasteiger partial charge in [-0.25, -0.2) is 9.67 Å². The molecule has 2 rings (SSSR count). The highest BCUT2D eigenvalue weighted by molar-refractivity contribution is 9.10. The average Bonchev–Trinajstić information content (AvgIpc) is 2.70. The molecule has 1 aromatic carbocycles. The number of aromatic nitrogens is 3. The lowest BCUT2D eigenvalue weighted by Crippen LogP contribution is -2.17. The third kappa shape index (κ3) is 3.50. The van der Waals surface area contributed by atoms with Gasteiger partial charge in [0, 0.05) is 5.92 Å². The third-order valence-corrected chi connectivity index (χ3v) is 2.77. The van der Waals surface area contributed by atoms with Gasteiger partial charge in [0.1, 0.15) is 11.6 Å². The van der Waals surface area contributed by atoms with Gasteiger partial charge in [0.15, 0.2) is 0 Å². The first-order valence-electron chi connectivity index (χ1n) is 5.75. The second-order valence-corrected chi connectivity index (χ2v) is 5.06. The third-order valence-electron chi connectivity index (χ3n) is 2.44. The molecule has 0 N–H and O–H groups in total. The Hall–Kier alpha value is -1.57. The van der Waals surface area contributed by atoms with E-state index in [4.69, 9.17) is 0 Å². The van der Waals surface area contributed by atoms with Crippen LogP contribution in [-0.2, 0) is 0 Å². The van der Waals surface area contributed by atoms with Gasteiger partial charge >= 0.3 is 6.36 Å². The summed E-state index contributed by atoms with van der Waals surface area (Å²) in [5.41, 5.74) is 0.612. The van der Waals surface area contributed by atoms with E-state index in [1.54, 1.807) is 4.68 Å². The fraction of sp³-hybridized carbons (Fsp3) is 0.333. The minimum atomic E-state index is -4.69. The molecule has 108 valence electrons. The van der Waals surface area contributed by atoms with Crippen molar-refractivity contribution in [2.75, 3.05) is 0 Å². The first kappa shape index (κ1) is 14.8. The van der Waals surface area contributed by atoms with Gasteiger partial charge in [-0.3, -0.25) is 0 Å². The van der Waals surface area contributed by atoms with Gasteiger partial charge in [-0.1, -0.05) is 13.8 Å². The number of halogens is 4. The number of hydrogen-bond donors (Lipinski definition) is 0. The van der Waals surface area contributed by atoms with Crippen molar-refractivity contribution in [2.45, 2.75) is 26.1 Å². The van der Waals surface area contributed by atoms with Gasteiger partial charge in [-0.15, -0.1) is 18.3 Å². The molecular formula is C12H11BrF3N3O. The van der Waals surface area contributed by atoms with E-state index < -0.39 is 6.36 Å². The van der Waals surface area contributed by atoms with Gasteiger partial charge in [-0.2, -0.15) is 0 Å². The summed E-state index contributed by atoms with van der Waals surface area (Å²) in [6, 6.07) is 5.47. The molecule has 0 amide bonds. The molecule has 0 atom stereocenters. The Morgan fingerprint density at radius 1 is 1.20 bits per heavy atom. The fourth-order valence-corrected chi connectivity index (χ4v) is 1.99. The SMILES string of the molecule is CC(C)c1nc(Br)nn1-c1ccc(OC(F)(F)F)cc1. The van der Waals surface area contributed by atoms with Crippen molar-refractivity contribution in [3.05, 3.63) is 34.8 Å². The lowest BCUT2D eigenvalue weighted by molar-refractivity contribution is -0.274. The monoisotopic (exact) mass is 349 g/mol. The molecule has 8 heteroatoms. The summed E-state index contributed by atoms with van der Waals surface area (Å²) in [5, 5.41) is 4.17. The maximum atomic E-state index is 12.1. The molecule has 0 bridgehead atoms. The molecule has 0 aliphatic rings. The van der Waals surface area contributed by atoms with Crippen LogP contribution in [0.4, 0.5) is 13.2 Å². The molecular weight excluding hydrogens is 339 g/mol. The zero-order valence-electron chi connectivity index (χ0n) is 10.6. The van der Waals surface area contributed by atoms with E-state index in [1.807, 2.05) is 13.8 Å². The lowest BCUT2D eigenvalue weighted by Gasteiger charge is -2.11. The lowest BCUT2D eigenvalue weighted by atomic mass is 10.2. The molecule has 0 aliphatic carbocycles. The zero-order valence-corrected chi connectivity index (χ0v) is 12.2. The van der Waals surface area contributed by atoms with Crippen molar-refractivity contribution in [1.82, 2.24) is 14.8 Å². The van der Waals surface area contributed by atoms with E-state index in [-0.39, 0.29) is 11.7 Å². The van der Waals surface area contributed by atoms with Crippen LogP contribution < -0.4 is 4.74 Å². The number of rotatable bonds is 3. The van der Waals surface area contributed by atoms with Crippen LogP contribution in [0.2, 0.25) is 0 Å². The quantitative estimate of drug-likeness (QED) is 0.839. The standard InChI is InChI=1S/C12H11BrF3N3O/c1-7(2)10-17-11(13)18-19(10)8-3-5-9(6-4-8)20-12(14,15)16/h3-7H,1-2H3. The Bertz CT molecular complexity index is 593. The second kappa shape index (κ2) is 5.43. The molecule has 2 aromatic rings. The molecule has 20 heavy (non-hydrogen) atoms. The van der Waals surface area contributed by atoms with Crippen LogP contribution in [0, 0.1) is 0 Å². The zero-order chi connectivity index (χ0) is 14.9. The first-order valence-corrected chi connectivity index (χ1v) is 6.54. The Morgan fingerprint density at radius 3 is 2.30 bits per heavy atom. The Balaban J connectivity index is 2.31. The number of benzene rings is 1. The van der Waals surface area contributed by atoms with Gasteiger partial charge in [0.2, 0.25) is 4.73 Å². The predicted octanol–water partition coefficient (Wildman–Crippen LogP) is 4.05. The molecule has 0 radical (unpaired) electrons. The largest absolute Gasteiger partial charge is 0.573 e. The van der Waals surface area contributed by atoms with Crippen LogP contribution in [0.5, 0.6) is 5.75 Å². The van der Waals surface area contributed by atoms with E-state index in [9.17, 15) is 13.2 Å². The number of nitrogens with zero attached hydrogens (tertiary/aromatic N) is 3. The van der Waals surface area contributed by atoms with E-state index in [1.165, 1.54) is 24.3 Å². The molecule has 4 nitrogen and oxygen atoms in total. The van der Waals surface area contributed by atoms with E-state index >= 15 is 0 Å². The normalized spacial score (nSPS) is 11.9. The van der Waals surface area contributed by atoms with Crippen molar-refractivity contribution in [3.8, 4) is 11.4 Å². The van der Waals surface area contributed by atoms with Crippen molar-refractivity contribution in [3.63, 3.8) is 0 Å². The van der Waals surface area contributed by atoms with Crippen molar-refractivity contribution in [2.24, 2.45) is 0 Å². The van der Waals surface area contributed by atoms with Crippen LogP contribution in [0.25, 0.3) is 5.69 Å². The summed E-state index contributed by atoms with van der Waals surface area (Å²) in [7, 11) is 0. The van der Waals surface area contributed by atoms with Gasteiger partial charge in [0.05, 0.1) is 5.69 Å². The van der Waals surface area contributed by atoms with E-state index in [2.05, 4.69) is 30.7 Å². The molecule has 0 aliphatic heterocycles. The summed E-state index contributed by atoms with van der Waals surface area (Å²) < 4.78 is 42.1. The summed E-state index contributed by atoms with van der Waals surface area (Å²) in [6.07, 6.45) is -4.69. The highest BCUT2D eigenvalue weighted by Crippen LogP contribution is 2.25. The van der Waals surface area contributed by atoms with Gasteiger partial charge in [0.25, 0.3) is 0 Å². The summed E-state index contributed by atoms with van der Waals surface area (Å²) in [4.78, 5) is 4.23. The molecule has 0 spiro atoms. The van der Waals surface area contributed by atoms with Crippen LogP contribution in [0.3, 0.4) is 0 Å². The Morgan fingerprint density at radius 2 is 1.80 bits per heavy atom. The van der Waals surface area contributed by atoms with Crippen LogP contribution in [-0.4, -0.2) is 21.1 Å². The van der Waals surface area contributed by atoms with Crippen molar-refractivity contribution < 1.29 is 17.9 Å². The maximum absolute atomic E-state index is 12.1. The number of alkyl halides is 3. The topological polar surface area (TPSA) is 39.9 Å². The molecule has 0 saturated heterocycles. The minimum Gasteiger partial charge on any atom is -0.406 e. The first-order chi connectivity index (χ1) is 9.26. The number of hydrogen-bond acceptors (Lipinski definition) is 3. The van der Waals surface area contributed by atoms with E-state index in [0.717, 1.165) is 0 Å². The predicted molar refractivity (Wildman–Crippen MR) is 69.8 cm³/mol. The second-order valence-electron chi connectivity index (χ2n) is 4.35. The molecule has 1 heterocycles. The van der Waals surface area contributed by atoms with Crippen molar-refractivity contribution in [1.29, 1.82) is 0 Å². The Labute approximate surface area is 121 Å². The van der Waals surface area contributed by atoms with Crippen LogP contribution >= 0.6 is 15.9 Å². The van der Waals surface area contributed by atoms with Crippen LogP contribution in [0.15, 0.2) is 29.0 Å². The summed E-state index contributed by atoms with van der Waals surface area (Å²) >= 11 is 3.19. The van der Waals surface area contributed by atoms with E-state index in [0.29, 0.717) is 16.2 Å². The van der Waals surface area contributed by atoms with Crippen molar-refractivity contribution >= 4 is 15.9 Å². The van der Waals surface area contributed by atoms with Gasteiger partial charge < -0.3 is 4.74 Å². The molecule has 1 aromatic heterocycles. The highest BCUT2D eigenvalue weighted by atomic mass is 79.9. The smallest absolute Gasteiger partial charge is 0.406 e. The molecule has 0 fully saturated rings. The summed E-state index contributed by atoms with van der Waals surface area (Å²) in [5.74, 6) is 0.563. The minimum absolute atomic E-state index is 0.125. The van der Waals surface area contributed by atoms with Crippen LogP contribution in [0.1, 0.15) is 25.6 Å². The fourth-order valence-electron chi connectivity index (χ4n) is 1.65. The number of ether oxygens (including phenoxy) is 1. The Kier molecular flexibility index (Phi) is 4.03.